The van der Waals surface area contributed by atoms with E-state index < -0.39 is 0 Å². The summed E-state index contributed by atoms with van der Waals surface area (Å²) < 4.78 is 10.7. The Labute approximate surface area is 135 Å². The van der Waals surface area contributed by atoms with Gasteiger partial charge in [-0.3, -0.25) is 4.79 Å². The van der Waals surface area contributed by atoms with Gasteiger partial charge in [-0.25, -0.2) is 5.43 Å². The first kappa shape index (κ1) is 16.6. The zero-order valence-corrected chi connectivity index (χ0v) is 13.6. The van der Waals surface area contributed by atoms with Crippen LogP contribution in [0, 0.1) is 0 Å². The molecule has 1 aromatic heterocycles. The molecular weight excluding hydrogens is 294 g/mol. The quantitative estimate of drug-likeness (QED) is 0.630. The van der Waals surface area contributed by atoms with Crippen LogP contribution in [-0.2, 0) is 0 Å². The second-order valence-corrected chi connectivity index (χ2v) is 4.78. The number of furan rings is 1. The molecule has 1 N–H and O–H groups in total. The van der Waals surface area contributed by atoms with Gasteiger partial charge in [-0.15, -0.1) is 0 Å². The summed E-state index contributed by atoms with van der Waals surface area (Å²) in [6.45, 7) is 5.87. The molecule has 0 spiro atoms. The first-order valence-electron chi connectivity index (χ1n) is 7.50. The Bertz CT molecular complexity index is 658. The summed E-state index contributed by atoms with van der Waals surface area (Å²) in [5.74, 6) is 1.78. The average molecular weight is 315 g/mol. The predicted molar refractivity (Wildman–Crippen MR) is 90.3 cm³/mol. The number of amides is 1. The Morgan fingerprint density at radius 2 is 1.91 bits per heavy atom. The van der Waals surface area contributed by atoms with Gasteiger partial charge >= 0.3 is 0 Å². The van der Waals surface area contributed by atoms with Crippen molar-refractivity contribution in [2.45, 2.75) is 13.8 Å². The van der Waals surface area contributed by atoms with Crippen molar-refractivity contribution in [2.24, 2.45) is 5.10 Å². The van der Waals surface area contributed by atoms with Crippen LogP contribution >= 0.6 is 0 Å². The number of carbonyl (C=O) groups excluding carboxylic acids is 1. The molecule has 1 amide bonds. The standard InChI is InChI=1S/C17H21N3O3/c1-4-20(5-2)16-11-10-15(23-16)12-18-19-17(21)13-6-8-14(22-3)9-7-13/h6-12H,4-5H2,1-3H3,(H,19,21)/b18-12-. The fraction of sp³-hybridized carbons (Fsp3) is 0.294. The van der Waals surface area contributed by atoms with Crippen LogP contribution in [0.3, 0.4) is 0 Å². The van der Waals surface area contributed by atoms with E-state index in [4.69, 9.17) is 9.15 Å². The van der Waals surface area contributed by atoms with E-state index >= 15 is 0 Å². The number of hydrogen-bond donors (Lipinski definition) is 1. The van der Waals surface area contributed by atoms with Gasteiger partial charge in [-0.1, -0.05) is 0 Å². The van der Waals surface area contributed by atoms with E-state index in [0.717, 1.165) is 19.0 Å². The number of rotatable bonds is 7. The van der Waals surface area contributed by atoms with Crippen LogP contribution in [0.15, 0.2) is 45.9 Å². The molecule has 0 radical (unpaired) electrons. The topological polar surface area (TPSA) is 67.1 Å². The first-order chi connectivity index (χ1) is 11.2. The van der Waals surface area contributed by atoms with Gasteiger partial charge in [0.1, 0.15) is 11.5 Å². The summed E-state index contributed by atoms with van der Waals surface area (Å²) in [7, 11) is 1.58. The Hall–Kier alpha value is -2.76. The molecule has 6 heteroatoms. The smallest absolute Gasteiger partial charge is 0.271 e. The van der Waals surface area contributed by atoms with Crippen molar-refractivity contribution in [3.05, 3.63) is 47.7 Å². The van der Waals surface area contributed by atoms with E-state index in [2.05, 4.69) is 29.3 Å². The molecule has 0 saturated heterocycles. The van der Waals surface area contributed by atoms with E-state index in [1.807, 2.05) is 12.1 Å². The largest absolute Gasteiger partial charge is 0.497 e. The van der Waals surface area contributed by atoms with Crippen molar-refractivity contribution in [2.75, 3.05) is 25.1 Å². The lowest BCUT2D eigenvalue weighted by Crippen LogP contribution is -2.20. The highest BCUT2D eigenvalue weighted by molar-refractivity contribution is 5.94. The highest BCUT2D eigenvalue weighted by atomic mass is 16.5. The molecule has 0 aliphatic rings. The highest BCUT2D eigenvalue weighted by Crippen LogP contribution is 2.17. The third kappa shape index (κ3) is 4.35. The van der Waals surface area contributed by atoms with Gasteiger partial charge in [0.25, 0.3) is 5.91 Å². The maximum absolute atomic E-state index is 11.9. The Morgan fingerprint density at radius 3 is 2.52 bits per heavy atom. The van der Waals surface area contributed by atoms with E-state index in [-0.39, 0.29) is 5.91 Å². The summed E-state index contributed by atoms with van der Waals surface area (Å²) in [5.41, 5.74) is 2.97. The number of benzene rings is 1. The van der Waals surface area contributed by atoms with Gasteiger partial charge in [0.05, 0.1) is 13.3 Å². The summed E-state index contributed by atoms with van der Waals surface area (Å²) in [5, 5.41) is 3.92. The zero-order chi connectivity index (χ0) is 16.7. The number of nitrogens with zero attached hydrogens (tertiary/aromatic N) is 2. The molecule has 23 heavy (non-hydrogen) atoms. The van der Waals surface area contributed by atoms with Crippen LogP contribution in [0.1, 0.15) is 30.0 Å². The maximum atomic E-state index is 11.9. The van der Waals surface area contributed by atoms with Crippen LogP contribution in [0.2, 0.25) is 0 Å². The summed E-state index contributed by atoms with van der Waals surface area (Å²) >= 11 is 0. The molecule has 1 aromatic carbocycles. The average Bonchev–Trinajstić information content (AvgIpc) is 3.04. The molecule has 0 fully saturated rings. The van der Waals surface area contributed by atoms with Gasteiger partial charge in [0.2, 0.25) is 0 Å². The van der Waals surface area contributed by atoms with E-state index in [9.17, 15) is 4.79 Å². The van der Waals surface area contributed by atoms with Crippen LogP contribution in [0.5, 0.6) is 5.75 Å². The number of nitrogens with one attached hydrogen (secondary N) is 1. The van der Waals surface area contributed by atoms with Crippen LogP contribution in [0.25, 0.3) is 0 Å². The molecule has 0 unspecified atom stereocenters. The first-order valence-corrected chi connectivity index (χ1v) is 7.50. The fourth-order valence-electron chi connectivity index (χ4n) is 2.08. The summed E-state index contributed by atoms with van der Waals surface area (Å²) in [6, 6.07) is 10.5. The molecule has 0 bridgehead atoms. The van der Waals surface area contributed by atoms with Gasteiger partial charge < -0.3 is 14.1 Å². The third-order valence-corrected chi connectivity index (χ3v) is 3.40. The number of ether oxygens (including phenoxy) is 1. The Balaban J connectivity index is 1.94. The van der Waals surface area contributed by atoms with Crippen molar-refractivity contribution >= 4 is 18.0 Å². The van der Waals surface area contributed by atoms with E-state index in [0.29, 0.717) is 17.1 Å². The summed E-state index contributed by atoms with van der Waals surface area (Å²) in [4.78, 5) is 14.0. The SMILES string of the molecule is CCN(CC)c1ccc(/C=N\NC(=O)c2ccc(OC)cc2)o1. The second-order valence-electron chi connectivity index (χ2n) is 4.78. The molecule has 122 valence electrons. The van der Waals surface area contributed by atoms with Crippen LogP contribution in [0.4, 0.5) is 5.88 Å². The minimum atomic E-state index is -0.292. The lowest BCUT2D eigenvalue weighted by atomic mass is 10.2. The van der Waals surface area contributed by atoms with Gasteiger partial charge in [0, 0.05) is 24.7 Å². The second kappa shape index (κ2) is 8.03. The maximum Gasteiger partial charge on any atom is 0.271 e. The molecule has 0 saturated carbocycles. The Morgan fingerprint density at radius 1 is 1.22 bits per heavy atom. The minimum absolute atomic E-state index is 0.292. The van der Waals surface area contributed by atoms with Crippen LogP contribution in [-0.4, -0.2) is 32.3 Å². The van der Waals surface area contributed by atoms with Crippen molar-refractivity contribution in [1.29, 1.82) is 0 Å². The number of hydrazone groups is 1. The molecule has 2 rings (SSSR count). The van der Waals surface area contributed by atoms with Gasteiger partial charge in [0.15, 0.2) is 5.88 Å². The predicted octanol–water partition coefficient (Wildman–Crippen LogP) is 2.90. The minimum Gasteiger partial charge on any atom is -0.497 e. The third-order valence-electron chi connectivity index (χ3n) is 3.40. The molecule has 0 atom stereocenters. The molecule has 6 nitrogen and oxygen atoms in total. The zero-order valence-electron chi connectivity index (χ0n) is 13.6. The molecule has 2 aromatic rings. The van der Waals surface area contributed by atoms with Gasteiger partial charge in [-0.2, -0.15) is 5.10 Å². The molecule has 0 aliphatic heterocycles. The van der Waals surface area contributed by atoms with E-state index in [1.165, 1.54) is 6.21 Å². The normalized spacial score (nSPS) is 10.7. The van der Waals surface area contributed by atoms with E-state index in [1.54, 1.807) is 31.4 Å². The molecule has 0 aliphatic carbocycles. The number of anilines is 1. The number of methoxy groups -OCH3 is 1. The number of hydrogen-bond acceptors (Lipinski definition) is 5. The van der Waals surface area contributed by atoms with Crippen molar-refractivity contribution in [3.63, 3.8) is 0 Å². The highest BCUT2D eigenvalue weighted by Gasteiger charge is 2.07. The monoisotopic (exact) mass is 315 g/mol. The molecule has 1 heterocycles. The fourth-order valence-corrected chi connectivity index (χ4v) is 2.08. The molecular formula is C17H21N3O3. The van der Waals surface area contributed by atoms with Crippen molar-refractivity contribution < 1.29 is 13.9 Å². The Kier molecular flexibility index (Phi) is 5.80. The summed E-state index contributed by atoms with van der Waals surface area (Å²) in [6.07, 6.45) is 1.48. The number of carbonyl (C=O) groups is 1. The van der Waals surface area contributed by atoms with Crippen molar-refractivity contribution in [1.82, 2.24) is 5.43 Å². The van der Waals surface area contributed by atoms with Crippen LogP contribution < -0.4 is 15.1 Å². The van der Waals surface area contributed by atoms with Crippen molar-refractivity contribution in [3.8, 4) is 5.75 Å². The lowest BCUT2D eigenvalue weighted by Gasteiger charge is -2.16. The lowest BCUT2D eigenvalue weighted by molar-refractivity contribution is 0.0955. The van der Waals surface area contributed by atoms with Gasteiger partial charge in [-0.05, 0) is 44.2 Å².